The molecule has 2 fully saturated rings. The highest BCUT2D eigenvalue weighted by molar-refractivity contribution is 7.89. The van der Waals surface area contributed by atoms with E-state index in [2.05, 4.69) is 0 Å². The van der Waals surface area contributed by atoms with Crippen LogP contribution in [0, 0.1) is 5.82 Å². The fourth-order valence-electron chi connectivity index (χ4n) is 3.91. The lowest BCUT2D eigenvalue weighted by molar-refractivity contribution is -0.132. The molecular formula is C21H31FN4O5S. The number of ether oxygens (including phenoxy) is 1. The molecule has 3 rings (SSSR count). The van der Waals surface area contributed by atoms with Crippen LogP contribution in [0.1, 0.15) is 24.2 Å². The summed E-state index contributed by atoms with van der Waals surface area (Å²) in [7, 11) is -3.84. The summed E-state index contributed by atoms with van der Waals surface area (Å²) < 4.78 is 46.7. The van der Waals surface area contributed by atoms with Gasteiger partial charge in [0.15, 0.2) is 0 Å². The number of hydrogen-bond acceptors (Lipinski definition) is 6. The second-order valence-electron chi connectivity index (χ2n) is 7.79. The molecule has 0 spiro atoms. The molecule has 0 aromatic heterocycles. The van der Waals surface area contributed by atoms with E-state index in [1.807, 2.05) is 18.7 Å². The van der Waals surface area contributed by atoms with Gasteiger partial charge in [0.1, 0.15) is 5.82 Å². The van der Waals surface area contributed by atoms with Gasteiger partial charge in [-0.1, -0.05) is 0 Å². The number of halogens is 1. The number of piperazine rings is 1. The first-order valence-electron chi connectivity index (χ1n) is 10.9. The third-order valence-corrected chi connectivity index (χ3v) is 7.81. The lowest BCUT2D eigenvalue weighted by atomic mass is 10.1. The van der Waals surface area contributed by atoms with Crippen molar-refractivity contribution in [3.8, 4) is 0 Å². The molecule has 11 heteroatoms. The second-order valence-corrected chi connectivity index (χ2v) is 9.73. The minimum Gasteiger partial charge on any atom is -0.379 e. The monoisotopic (exact) mass is 470 g/mol. The normalized spacial score (nSPS) is 18.5. The number of hydrogen-bond donors (Lipinski definition) is 0. The zero-order valence-corrected chi connectivity index (χ0v) is 19.4. The van der Waals surface area contributed by atoms with E-state index in [4.69, 9.17) is 4.74 Å². The van der Waals surface area contributed by atoms with Crippen LogP contribution in [0.4, 0.5) is 4.39 Å². The molecule has 2 aliphatic rings. The van der Waals surface area contributed by atoms with Crippen molar-refractivity contribution in [3.63, 3.8) is 0 Å². The third-order valence-electron chi connectivity index (χ3n) is 5.91. The van der Waals surface area contributed by atoms with E-state index in [1.54, 1.807) is 4.90 Å². The molecule has 9 nitrogen and oxygen atoms in total. The number of morpholine rings is 1. The Bertz CT molecular complexity index is 924. The van der Waals surface area contributed by atoms with Gasteiger partial charge in [0.05, 0.1) is 30.2 Å². The van der Waals surface area contributed by atoms with Crippen LogP contribution >= 0.6 is 0 Å². The molecule has 2 amide bonds. The van der Waals surface area contributed by atoms with E-state index < -0.39 is 21.7 Å². The molecule has 2 aliphatic heterocycles. The summed E-state index contributed by atoms with van der Waals surface area (Å²) in [4.78, 5) is 30.4. The van der Waals surface area contributed by atoms with Crippen molar-refractivity contribution < 1.29 is 27.1 Å². The highest BCUT2D eigenvalue weighted by Crippen LogP contribution is 2.22. The highest BCUT2D eigenvalue weighted by atomic mass is 32.2. The van der Waals surface area contributed by atoms with E-state index in [0.29, 0.717) is 52.5 Å². The van der Waals surface area contributed by atoms with Crippen molar-refractivity contribution in [3.05, 3.63) is 29.6 Å². The smallest absolute Gasteiger partial charge is 0.256 e. The fraction of sp³-hybridized carbons (Fsp3) is 0.619. The number of amides is 2. The first kappa shape index (κ1) is 24.6. The van der Waals surface area contributed by atoms with Crippen LogP contribution < -0.4 is 0 Å². The van der Waals surface area contributed by atoms with Crippen molar-refractivity contribution >= 4 is 21.8 Å². The van der Waals surface area contributed by atoms with E-state index >= 15 is 0 Å². The Kier molecular flexibility index (Phi) is 8.21. The minimum atomic E-state index is -3.84. The summed E-state index contributed by atoms with van der Waals surface area (Å²) in [5.74, 6) is -1.26. The summed E-state index contributed by atoms with van der Waals surface area (Å²) in [6.45, 7) is 8.14. The van der Waals surface area contributed by atoms with Gasteiger partial charge in [0.25, 0.3) is 5.91 Å². The molecular weight excluding hydrogens is 439 g/mol. The summed E-state index contributed by atoms with van der Waals surface area (Å²) in [6.07, 6.45) is 0. The Balaban J connectivity index is 1.67. The maximum Gasteiger partial charge on any atom is 0.256 e. The Labute approximate surface area is 188 Å². The van der Waals surface area contributed by atoms with Gasteiger partial charge in [-0.15, -0.1) is 0 Å². The highest BCUT2D eigenvalue weighted by Gasteiger charge is 2.30. The second kappa shape index (κ2) is 10.7. The van der Waals surface area contributed by atoms with E-state index in [1.165, 1.54) is 15.3 Å². The largest absolute Gasteiger partial charge is 0.379 e. The predicted molar refractivity (Wildman–Crippen MR) is 116 cm³/mol. The molecule has 0 aliphatic carbocycles. The number of carbonyl (C=O) groups excluding carboxylic acids is 2. The molecule has 1 aromatic carbocycles. The van der Waals surface area contributed by atoms with Crippen molar-refractivity contribution in [2.24, 2.45) is 0 Å². The Morgan fingerprint density at radius 3 is 2.25 bits per heavy atom. The molecule has 178 valence electrons. The Morgan fingerprint density at radius 2 is 1.66 bits per heavy atom. The molecule has 1 aromatic rings. The first-order valence-corrected chi connectivity index (χ1v) is 12.4. The lowest BCUT2D eigenvalue weighted by Gasteiger charge is -2.35. The maximum absolute atomic E-state index is 14.5. The number of likely N-dealkylation sites (N-methyl/N-ethyl adjacent to an activating group) is 1. The molecule has 0 bridgehead atoms. The van der Waals surface area contributed by atoms with Crippen LogP contribution in [0.5, 0.6) is 0 Å². The molecule has 0 saturated carbocycles. The standard InChI is InChI=1S/C21H31FN4O5S/c1-3-24(4-2)20(27)16-23-7-9-25(10-8-23)21(28)18-15-17(5-6-19(18)22)32(29,30)26-11-13-31-14-12-26/h5-6,15H,3-4,7-14,16H2,1-2H3. The zero-order valence-electron chi connectivity index (χ0n) is 18.6. The average Bonchev–Trinajstić information content (AvgIpc) is 2.80. The Morgan fingerprint density at radius 1 is 1.03 bits per heavy atom. The first-order chi connectivity index (χ1) is 15.3. The van der Waals surface area contributed by atoms with E-state index in [9.17, 15) is 22.4 Å². The topological polar surface area (TPSA) is 90.5 Å². The summed E-state index contributed by atoms with van der Waals surface area (Å²) in [5, 5.41) is 0. The van der Waals surface area contributed by atoms with Gasteiger partial charge in [-0.05, 0) is 32.0 Å². The van der Waals surface area contributed by atoms with Crippen LogP contribution in [-0.4, -0.2) is 111 Å². The minimum absolute atomic E-state index is 0.0434. The lowest BCUT2D eigenvalue weighted by Crippen LogP contribution is -2.51. The molecule has 0 unspecified atom stereocenters. The quantitative estimate of drug-likeness (QED) is 0.576. The van der Waals surface area contributed by atoms with Gasteiger partial charge in [0.2, 0.25) is 15.9 Å². The van der Waals surface area contributed by atoms with Crippen molar-refractivity contribution in [1.82, 2.24) is 19.0 Å². The number of nitrogens with zero attached hydrogens (tertiary/aromatic N) is 4. The maximum atomic E-state index is 14.5. The SMILES string of the molecule is CCN(CC)C(=O)CN1CCN(C(=O)c2cc(S(=O)(=O)N3CCOCC3)ccc2F)CC1. The number of benzene rings is 1. The molecule has 2 heterocycles. The third kappa shape index (κ3) is 5.45. The van der Waals surface area contributed by atoms with Gasteiger partial charge in [-0.25, -0.2) is 12.8 Å². The van der Waals surface area contributed by atoms with Crippen LogP contribution in [0.15, 0.2) is 23.1 Å². The van der Waals surface area contributed by atoms with Gasteiger partial charge >= 0.3 is 0 Å². The number of rotatable bonds is 7. The van der Waals surface area contributed by atoms with E-state index in [0.717, 1.165) is 12.1 Å². The molecule has 0 N–H and O–H groups in total. The van der Waals surface area contributed by atoms with Crippen LogP contribution in [-0.2, 0) is 19.6 Å². The van der Waals surface area contributed by atoms with E-state index in [-0.39, 0.29) is 36.0 Å². The number of carbonyl (C=O) groups is 2. The van der Waals surface area contributed by atoms with Crippen LogP contribution in [0.25, 0.3) is 0 Å². The molecule has 32 heavy (non-hydrogen) atoms. The van der Waals surface area contributed by atoms with Crippen LogP contribution in [0.2, 0.25) is 0 Å². The molecule has 0 atom stereocenters. The van der Waals surface area contributed by atoms with Crippen LogP contribution in [0.3, 0.4) is 0 Å². The molecule has 0 radical (unpaired) electrons. The summed E-state index contributed by atoms with van der Waals surface area (Å²) in [6, 6.07) is 3.34. The number of sulfonamides is 1. The van der Waals surface area contributed by atoms with Gasteiger partial charge in [-0.2, -0.15) is 4.31 Å². The average molecular weight is 471 g/mol. The summed E-state index contributed by atoms with van der Waals surface area (Å²) >= 11 is 0. The van der Waals surface area contributed by atoms with Gasteiger partial charge < -0.3 is 14.5 Å². The van der Waals surface area contributed by atoms with Crippen molar-refractivity contribution in [1.29, 1.82) is 0 Å². The van der Waals surface area contributed by atoms with Gasteiger partial charge in [0, 0.05) is 52.4 Å². The van der Waals surface area contributed by atoms with Crippen molar-refractivity contribution in [2.45, 2.75) is 18.7 Å². The Hall–Kier alpha value is -2.08. The van der Waals surface area contributed by atoms with Crippen molar-refractivity contribution in [2.75, 3.05) is 72.1 Å². The fourth-order valence-corrected chi connectivity index (χ4v) is 5.35. The predicted octanol–water partition coefficient (Wildman–Crippen LogP) is 0.473. The zero-order chi connectivity index (χ0) is 23.3. The molecule has 2 saturated heterocycles. The van der Waals surface area contributed by atoms with Gasteiger partial charge in [-0.3, -0.25) is 14.5 Å². The summed E-state index contributed by atoms with van der Waals surface area (Å²) in [5.41, 5.74) is -0.257.